The molecule has 0 radical (unpaired) electrons. The van der Waals surface area contributed by atoms with E-state index in [9.17, 15) is 20.0 Å². The van der Waals surface area contributed by atoms with Crippen molar-refractivity contribution in [1.29, 1.82) is 0 Å². The van der Waals surface area contributed by atoms with Gasteiger partial charge in [-0.2, -0.15) is 0 Å². The highest BCUT2D eigenvalue weighted by atomic mass is 16.6. The first-order chi connectivity index (χ1) is 16.0. The number of nitro benzene ring substituents is 1. The molecular formula is C24H26N4O5. The van der Waals surface area contributed by atoms with Crippen molar-refractivity contribution in [1.82, 2.24) is 15.2 Å². The van der Waals surface area contributed by atoms with Gasteiger partial charge in [0.15, 0.2) is 6.10 Å². The van der Waals surface area contributed by atoms with Gasteiger partial charge in [-0.15, -0.1) is 0 Å². The van der Waals surface area contributed by atoms with Crippen molar-refractivity contribution in [3.63, 3.8) is 0 Å². The number of likely N-dealkylation sites (N-methyl/N-ethyl adjacent to an activating group) is 1. The first-order valence-electron chi connectivity index (χ1n) is 10.8. The lowest BCUT2D eigenvalue weighted by atomic mass is 9.91. The number of hydrogen-bond donors (Lipinski definition) is 2. The van der Waals surface area contributed by atoms with Crippen LogP contribution < -0.4 is 10.1 Å². The lowest BCUT2D eigenvalue weighted by Crippen LogP contribution is -2.44. The largest absolute Gasteiger partial charge is 0.478 e. The summed E-state index contributed by atoms with van der Waals surface area (Å²) in [6, 6.07) is 15.7. The smallest absolute Gasteiger partial charge is 0.279 e. The molecule has 3 atom stereocenters. The van der Waals surface area contributed by atoms with Gasteiger partial charge in [-0.1, -0.05) is 30.3 Å². The minimum Gasteiger partial charge on any atom is -0.478 e. The van der Waals surface area contributed by atoms with Gasteiger partial charge >= 0.3 is 0 Å². The van der Waals surface area contributed by atoms with Gasteiger partial charge in [0, 0.05) is 44.9 Å². The second-order valence-corrected chi connectivity index (χ2v) is 8.11. The Bertz CT molecular complexity index is 1140. The number of carbonyl (C=O) groups is 1. The highest BCUT2D eigenvalue weighted by molar-refractivity contribution is 5.92. The molecule has 1 fully saturated rings. The van der Waals surface area contributed by atoms with Crippen LogP contribution in [0.3, 0.4) is 0 Å². The van der Waals surface area contributed by atoms with Crippen LogP contribution in [0.15, 0.2) is 60.8 Å². The summed E-state index contributed by atoms with van der Waals surface area (Å²) in [4.78, 5) is 30.5. The van der Waals surface area contributed by atoms with E-state index in [0.717, 1.165) is 12.1 Å². The molecule has 3 aromatic rings. The van der Waals surface area contributed by atoms with Gasteiger partial charge in [0.2, 0.25) is 0 Å². The average Bonchev–Trinajstić information content (AvgIpc) is 3.25. The Kier molecular flexibility index (Phi) is 6.81. The molecule has 2 heterocycles. The van der Waals surface area contributed by atoms with E-state index in [-0.39, 0.29) is 23.6 Å². The molecule has 0 saturated carbocycles. The summed E-state index contributed by atoms with van der Waals surface area (Å²) < 4.78 is 6.28. The third-order valence-corrected chi connectivity index (χ3v) is 5.96. The van der Waals surface area contributed by atoms with Crippen LogP contribution in [0.1, 0.15) is 17.9 Å². The lowest BCUT2D eigenvalue weighted by molar-refractivity contribution is -0.383. The van der Waals surface area contributed by atoms with Crippen molar-refractivity contribution < 1.29 is 19.6 Å². The third-order valence-electron chi connectivity index (χ3n) is 5.96. The Morgan fingerprint density at radius 3 is 2.73 bits per heavy atom. The minimum absolute atomic E-state index is 0.0763. The molecule has 33 heavy (non-hydrogen) atoms. The van der Waals surface area contributed by atoms with Gasteiger partial charge in [0.25, 0.3) is 11.6 Å². The molecule has 9 heteroatoms. The van der Waals surface area contributed by atoms with Crippen LogP contribution in [-0.4, -0.2) is 64.7 Å². The summed E-state index contributed by atoms with van der Waals surface area (Å²) in [6.45, 7) is 1.77. The number of aliphatic hydroxyl groups is 1. The first kappa shape index (κ1) is 22.6. The van der Waals surface area contributed by atoms with Gasteiger partial charge < -0.3 is 15.2 Å². The number of hydrogen-bond acceptors (Lipinski definition) is 7. The number of nitro groups is 1. The standard InChI is InChI=1S/C24H26N4O5/c1-25-24(30)23(19(16-6-3-2-4-7-16)15-27-13-11-17(29)14-27)33-21-10-9-20(28(31)32)18-8-5-12-26-22(18)21/h2-10,12,17,19,23,29H,11,13-15H2,1H3,(H,25,30)/t17-,19+,23?/m0/s1. The number of carbonyl (C=O) groups excluding carboxylic acids is 1. The molecular weight excluding hydrogens is 424 g/mol. The molecule has 0 aliphatic carbocycles. The number of fused-ring (bicyclic) bond motifs is 1. The van der Waals surface area contributed by atoms with Crippen molar-refractivity contribution >= 4 is 22.5 Å². The zero-order valence-electron chi connectivity index (χ0n) is 18.3. The van der Waals surface area contributed by atoms with Crippen LogP contribution in [0.5, 0.6) is 5.75 Å². The molecule has 1 amide bonds. The number of nitrogens with zero attached hydrogens (tertiary/aromatic N) is 3. The number of aromatic nitrogens is 1. The number of aliphatic hydroxyl groups excluding tert-OH is 1. The normalized spacial score (nSPS) is 18.1. The number of ether oxygens (including phenoxy) is 1. The fourth-order valence-corrected chi connectivity index (χ4v) is 4.32. The van der Waals surface area contributed by atoms with Crippen molar-refractivity contribution in [3.8, 4) is 5.75 Å². The van der Waals surface area contributed by atoms with Crippen LogP contribution in [0.25, 0.3) is 10.9 Å². The Morgan fingerprint density at radius 2 is 2.06 bits per heavy atom. The number of likely N-dealkylation sites (tertiary alicyclic amines) is 1. The fraction of sp³-hybridized carbons (Fsp3) is 0.333. The van der Waals surface area contributed by atoms with Crippen LogP contribution in [-0.2, 0) is 4.79 Å². The van der Waals surface area contributed by atoms with Crippen molar-refractivity contribution in [2.45, 2.75) is 24.5 Å². The van der Waals surface area contributed by atoms with Crippen molar-refractivity contribution in [2.24, 2.45) is 0 Å². The second kappa shape index (κ2) is 9.93. The molecule has 1 aliphatic rings. The average molecular weight is 450 g/mol. The molecule has 9 nitrogen and oxygen atoms in total. The predicted octanol–water partition coefficient (Wildman–Crippen LogP) is 2.49. The highest BCUT2D eigenvalue weighted by Crippen LogP contribution is 2.34. The summed E-state index contributed by atoms with van der Waals surface area (Å²) in [6.07, 6.45) is 0.920. The van der Waals surface area contributed by atoms with E-state index in [1.807, 2.05) is 30.3 Å². The van der Waals surface area contributed by atoms with E-state index < -0.39 is 11.0 Å². The quantitative estimate of drug-likeness (QED) is 0.400. The van der Waals surface area contributed by atoms with Crippen LogP contribution in [0.4, 0.5) is 5.69 Å². The summed E-state index contributed by atoms with van der Waals surface area (Å²) in [5.41, 5.74) is 1.17. The molecule has 172 valence electrons. The third kappa shape index (κ3) is 4.94. The predicted molar refractivity (Wildman–Crippen MR) is 123 cm³/mol. The van der Waals surface area contributed by atoms with Gasteiger partial charge in [-0.25, -0.2) is 0 Å². The van der Waals surface area contributed by atoms with E-state index in [1.165, 1.54) is 18.3 Å². The Hall–Kier alpha value is -3.56. The number of non-ortho nitro benzene ring substituents is 1. The number of nitrogens with one attached hydrogen (secondary N) is 1. The van der Waals surface area contributed by atoms with E-state index in [1.54, 1.807) is 19.2 Å². The molecule has 0 spiro atoms. The Morgan fingerprint density at radius 1 is 1.27 bits per heavy atom. The van der Waals surface area contributed by atoms with Gasteiger partial charge in [0.05, 0.1) is 16.4 Å². The first-order valence-corrected chi connectivity index (χ1v) is 10.8. The Balaban J connectivity index is 1.74. The highest BCUT2D eigenvalue weighted by Gasteiger charge is 2.35. The van der Waals surface area contributed by atoms with Crippen LogP contribution in [0, 0.1) is 10.1 Å². The zero-order chi connectivity index (χ0) is 23.4. The van der Waals surface area contributed by atoms with E-state index >= 15 is 0 Å². The molecule has 2 N–H and O–H groups in total. The number of rotatable bonds is 8. The number of pyridine rings is 1. The van der Waals surface area contributed by atoms with Gasteiger partial charge in [-0.05, 0) is 30.2 Å². The van der Waals surface area contributed by atoms with E-state index in [0.29, 0.717) is 36.2 Å². The number of β-amino-alcohol motifs (C(OH)–C–C–N with tert-alkyl or cyclic N) is 1. The number of amides is 1. The topological polar surface area (TPSA) is 118 Å². The molecule has 1 unspecified atom stereocenters. The van der Waals surface area contributed by atoms with Gasteiger partial charge in [0.1, 0.15) is 11.3 Å². The second-order valence-electron chi connectivity index (χ2n) is 8.11. The summed E-state index contributed by atoms with van der Waals surface area (Å²) in [5, 5.41) is 24.5. The molecule has 1 aliphatic heterocycles. The molecule has 2 aromatic carbocycles. The van der Waals surface area contributed by atoms with Gasteiger partial charge in [-0.3, -0.25) is 24.8 Å². The maximum atomic E-state index is 13.0. The number of benzene rings is 2. The SMILES string of the molecule is CNC(=O)C(Oc1ccc([N+](=O)[O-])c2cccnc12)[C@H](CN1CC[C@H](O)C1)c1ccccc1. The minimum atomic E-state index is -0.915. The Labute approximate surface area is 191 Å². The molecule has 1 saturated heterocycles. The monoisotopic (exact) mass is 450 g/mol. The lowest BCUT2D eigenvalue weighted by Gasteiger charge is -2.30. The summed E-state index contributed by atoms with van der Waals surface area (Å²) >= 11 is 0. The fourth-order valence-electron chi connectivity index (χ4n) is 4.32. The van der Waals surface area contributed by atoms with Crippen LogP contribution >= 0.6 is 0 Å². The maximum Gasteiger partial charge on any atom is 0.279 e. The van der Waals surface area contributed by atoms with E-state index in [2.05, 4.69) is 15.2 Å². The maximum absolute atomic E-state index is 13.0. The zero-order valence-corrected chi connectivity index (χ0v) is 18.3. The van der Waals surface area contributed by atoms with E-state index in [4.69, 9.17) is 4.74 Å². The van der Waals surface area contributed by atoms with Crippen molar-refractivity contribution in [2.75, 3.05) is 26.7 Å². The molecule has 0 bridgehead atoms. The van der Waals surface area contributed by atoms with Crippen molar-refractivity contribution in [3.05, 3.63) is 76.5 Å². The molecule has 1 aromatic heterocycles. The van der Waals surface area contributed by atoms with Crippen LogP contribution in [0.2, 0.25) is 0 Å². The summed E-state index contributed by atoms with van der Waals surface area (Å²) in [7, 11) is 1.55. The summed E-state index contributed by atoms with van der Waals surface area (Å²) in [5.74, 6) is -0.358. The molecule has 4 rings (SSSR count).